The SMILES string of the molecule is CO[C@@H]1CCO[C@H]([C@H](C)NN(C)C)O1. The molecule has 0 aromatic carbocycles. The number of nitrogens with one attached hydrogen (secondary N) is 1. The molecule has 1 aliphatic rings. The fourth-order valence-electron chi connectivity index (χ4n) is 1.44. The van der Waals surface area contributed by atoms with Crippen LogP contribution in [-0.4, -0.2) is 51.4 Å². The molecule has 0 bridgehead atoms. The van der Waals surface area contributed by atoms with Gasteiger partial charge in [-0.25, -0.2) is 5.43 Å². The third-order valence-corrected chi connectivity index (χ3v) is 2.05. The number of methoxy groups -OCH3 is 1. The average molecular weight is 204 g/mol. The molecule has 0 aromatic heterocycles. The molecule has 0 aliphatic carbocycles. The Labute approximate surface area is 85.3 Å². The van der Waals surface area contributed by atoms with E-state index in [1.165, 1.54) is 0 Å². The highest BCUT2D eigenvalue weighted by atomic mass is 16.8. The number of hydrazine groups is 1. The molecule has 3 atom stereocenters. The van der Waals surface area contributed by atoms with E-state index in [0.717, 1.165) is 6.42 Å². The van der Waals surface area contributed by atoms with Gasteiger partial charge in [-0.1, -0.05) is 0 Å². The van der Waals surface area contributed by atoms with E-state index in [9.17, 15) is 0 Å². The van der Waals surface area contributed by atoms with Crippen molar-refractivity contribution in [3.05, 3.63) is 0 Å². The minimum absolute atomic E-state index is 0.114. The van der Waals surface area contributed by atoms with E-state index >= 15 is 0 Å². The lowest BCUT2D eigenvalue weighted by atomic mass is 10.3. The molecule has 1 rings (SSSR count). The molecule has 1 N–H and O–H groups in total. The summed E-state index contributed by atoms with van der Waals surface area (Å²) in [6, 6.07) is 0.114. The first kappa shape index (κ1) is 11.9. The summed E-state index contributed by atoms with van der Waals surface area (Å²) in [5.41, 5.74) is 3.18. The van der Waals surface area contributed by atoms with Gasteiger partial charge in [0.25, 0.3) is 0 Å². The minimum atomic E-state index is -0.240. The van der Waals surface area contributed by atoms with Gasteiger partial charge in [0.1, 0.15) is 0 Å². The molecule has 1 aliphatic heterocycles. The zero-order valence-corrected chi connectivity index (χ0v) is 9.32. The van der Waals surface area contributed by atoms with Crippen LogP contribution in [0.1, 0.15) is 13.3 Å². The van der Waals surface area contributed by atoms with Crippen LogP contribution in [-0.2, 0) is 14.2 Å². The smallest absolute Gasteiger partial charge is 0.176 e. The highest BCUT2D eigenvalue weighted by molar-refractivity contribution is 4.66. The first-order valence-corrected chi connectivity index (χ1v) is 4.87. The molecular formula is C9H20N2O3. The zero-order chi connectivity index (χ0) is 10.6. The van der Waals surface area contributed by atoms with E-state index in [-0.39, 0.29) is 18.6 Å². The second-order valence-corrected chi connectivity index (χ2v) is 3.64. The molecule has 0 unspecified atom stereocenters. The van der Waals surface area contributed by atoms with Gasteiger partial charge in [-0.3, -0.25) is 5.01 Å². The van der Waals surface area contributed by atoms with Crippen LogP contribution in [0.3, 0.4) is 0 Å². The fraction of sp³-hybridized carbons (Fsp3) is 1.00. The predicted molar refractivity (Wildman–Crippen MR) is 52.5 cm³/mol. The van der Waals surface area contributed by atoms with Crippen LogP contribution in [0, 0.1) is 0 Å². The normalized spacial score (nSPS) is 30.6. The molecule has 1 saturated heterocycles. The summed E-state index contributed by atoms with van der Waals surface area (Å²) in [6.45, 7) is 2.70. The van der Waals surface area contributed by atoms with Crippen LogP contribution < -0.4 is 5.43 Å². The highest BCUT2D eigenvalue weighted by Gasteiger charge is 2.27. The highest BCUT2D eigenvalue weighted by Crippen LogP contribution is 2.15. The first-order valence-electron chi connectivity index (χ1n) is 4.87. The Hall–Kier alpha value is -0.200. The third-order valence-electron chi connectivity index (χ3n) is 2.05. The summed E-state index contributed by atoms with van der Waals surface area (Å²) in [5, 5.41) is 1.88. The van der Waals surface area contributed by atoms with E-state index < -0.39 is 0 Å². The van der Waals surface area contributed by atoms with Gasteiger partial charge >= 0.3 is 0 Å². The lowest BCUT2D eigenvalue weighted by Crippen LogP contribution is -2.50. The molecule has 0 amide bonds. The zero-order valence-electron chi connectivity index (χ0n) is 9.32. The lowest BCUT2D eigenvalue weighted by Gasteiger charge is -2.34. The van der Waals surface area contributed by atoms with Gasteiger partial charge in [-0.15, -0.1) is 0 Å². The topological polar surface area (TPSA) is 43.0 Å². The number of rotatable bonds is 4. The molecule has 0 spiro atoms. The Morgan fingerprint density at radius 2 is 2.21 bits per heavy atom. The molecule has 0 radical (unpaired) electrons. The molecule has 0 aromatic rings. The van der Waals surface area contributed by atoms with Gasteiger partial charge in [0, 0.05) is 27.6 Å². The van der Waals surface area contributed by atoms with E-state index in [1.807, 2.05) is 26.0 Å². The van der Waals surface area contributed by atoms with Crippen LogP contribution in [0.5, 0.6) is 0 Å². The molecular weight excluding hydrogens is 184 g/mol. The molecule has 5 nitrogen and oxygen atoms in total. The van der Waals surface area contributed by atoms with Crippen molar-refractivity contribution in [1.29, 1.82) is 0 Å². The standard InChI is InChI=1S/C9H20N2O3/c1-7(10-11(2)3)9-13-6-5-8(12-4)14-9/h7-10H,5-6H2,1-4H3/t7-,8-,9-/m0/s1. The van der Waals surface area contributed by atoms with Crippen molar-refractivity contribution in [3.8, 4) is 0 Å². The Kier molecular flexibility index (Phi) is 4.77. The monoisotopic (exact) mass is 204 g/mol. The number of hydrogen-bond acceptors (Lipinski definition) is 5. The summed E-state index contributed by atoms with van der Waals surface area (Å²) < 4.78 is 16.2. The van der Waals surface area contributed by atoms with Crippen molar-refractivity contribution in [2.75, 3.05) is 27.8 Å². The van der Waals surface area contributed by atoms with Crippen LogP contribution in [0.15, 0.2) is 0 Å². The van der Waals surface area contributed by atoms with Crippen molar-refractivity contribution in [2.24, 2.45) is 0 Å². The second kappa shape index (κ2) is 5.63. The number of ether oxygens (including phenoxy) is 3. The van der Waals surface area contributed by atoms with Crippen LogP contribution in [0.2, 0.25) is 0 Å². The molecule has 0 saturated carbocycles. The Balaban J connectivity index is 2.35. The van der Waals surface area contributed by atoms with Gasteiger partial charge in [-0.05, 0) is 6.92 Å². The second-order valence-electron chi connectivity index (χ2n) is 3.64. The van der Waals surface area contributed by atoms with E-state index in [0.29, 0.717) is 6.61 Å². The minimum Gasteiger partial charge on any atom is -0.356 e. The van der Waals surface area contributed by atoms with E-state index in [1.54, 1.807) is 7.11 Å². The van der Waals surface area contributed by atoms with Crippen molar-refractivity contribution < 1.29 is 14.2 Å². The van der Waals surface area contributed by atoms with Gasteiger partial charge in [0.05, 0.1) is 12.6 Å². The summed E-state index contributed by atoms with van der Waals surface area (Å²) >= 11 is 0. The maximum absolute atomic E-state index is 5.56. The number of hydrogen-bond donors (Lipinski definition) is 1. The van der Waals surface area contributed by atoms with Gasteiger partial charge in [-0.2, -0.15) is 0 Å². The number of nitrogens with zero attached hydrogens (tertiary/aromatic N) is 1. The molecule has 1 heterocycles. The first-order chi connectivity index (χ1) is 6.63. The summed E-state index contributed by atoms with van der Waals surface area (Å²) in [6.07, 6.45) is 0.415. The Bertz CT molecular complexity index is 166. The molecule has 84 valence electrons. The van der Waals surface area contributed by atoms with Crippen molar-refractivity contribution in [3.63, 3.8) is 0 Å². The Morgan fingerprint density at radius 3 is 2.79 bits per heavy atom. The van der Waals surface area contributed by atoms with E-state index in [4.69, 9.17) is 14.2 Å². The van der Waals surface area contributed by atoms with Crippen LogP contribution >= 0.6 is 0 Å². The lowest BCUT2D eigenvalue weighted by molar-refractivity contribution is -0.287. The summed E-state index contributed by atoms with van der Waals surface area (Å²) in [4.78, 5) is 0. The van der Waals surface area contributed by atoms with Crippen molar-refractivity contribution in [2.45, 2.75) is 32.0 Å². The van der Waals surface area contributed by atoms with Crippen LogP contribution in [0.25, 0.3) is 0 Å². The van der Waals surface area contributed by atoms with Gasteiger partial charge in [0.15, 0.2) is 12.6 Å². The van der Waals surface area contributed by atoms with Crippen molar-refractivity contribution >= 4 is 0 Å². The molecule has 14 heavy (non-hydrogen) atoms. The maximum atomic E-state index is 5.56. The third kappa shape index (κ3) is 3.51. The summed E-state index contributed by atoms with van der Waals surface area (Å²) in [7, 11) is 5.53. The summed E-state index contributed by atoms with van der Waals surface area (Å²) in [5.74, 6) is 0. The van der Waals surface area contributed by atoms with Crippen LogP contribution in [0.4, 0.5) is 0 Å². The molecule has 1 fully saturated rings. The largest absolute Gasteiger partial charge is 0.356 e. The van der Waals surface area contributed by atoms with Gasteiger partial charge in [0.2, 0.25) is 0 Å². The predicted octanol–water partition coefficient (Wildman–Crippen LogP) is 0.177. The van der Waals surface area contributed by atoms with Gasteiger partial charge < -0.3 is 14.2 Å². The quantitative estimate of drug-likeness (QED) is 0.662. The van der Waals surface area contributed by atoms with E-state index in [2.05, 4.69) is 5.43 Å². The van der Waals surface area contributed by atoms with Crippen molar-refractivity contribution in [1.82, 2.24) is 10.4 Å². The fourth-order valence-corrected chi connectivity index (χ4v) is 1.44. The maximum Gasteiger partial charge on any atom is 0.176 e. The Morgan fingerprint density at radius 1 is 1.50 bits per heavy atom. The molecule has 5 heteroatoms. The average Bonchev–Trinajstić information content (AvgIpc) is 2.17.